The molecule has 1 N–H and O–H groups in total. The first-order valence-electron chi connectivity index (χ1n) is 15.1. The molecular formula is C37H41N3O3S. The number of benzene rings is 2. The summed E-state index contributed by atoms with van der Waals surface area (Å²) in [5.41, 5.74) is 6.53. The molecule has 0 amide bonds. The van der Waals surface area contributed by atoms with E-state index < -0.39 is 11.4 Å². The number of ether oxygens (including phenoxy) is 1. The first-order valence-corrected chi connectivity index (χ1v) is 15.9. The van der Waals surface area contributed by atoms with Crippen LogP contribution in [0.2, 0.25) is 0 Å². The number of carbonyl (C=O) groups is 1. The number of rotatable bonds is 11. The normalized spacial score (nSPS) is 12.0. The monoisotopic (exact) mass is 607 g/mol. The molecule has 0 aliphatic heterocycles. The summed E-state index contributed by atoms with van der Waals surface area (Å²) >= 11 is 1.78. The van der Waals surface area contributed by atoms with Crippen molar-refractivity contribution in [1.29, 1.82) is 0 Å². The van der Waals surface area contributed by atoms with Gasteiger partial charge in [0.1, 0.15) is 12.4 Å². The lowest BCUT2D eigenvalue weighted by Gasteiger charge is -2.24. The summed E-state index contributed by atoms with van der Waals surface area (Å²) in [6.45, 7) is 13.3. The van der Waals surface area contributed by atoms with Crippen molar-refractivity contribution in [2.75, 3.05) is 0 Å². The highest BCUT2D eigenvalue weighted by Crippen LogP contribution is 2.44. The fourth-order valence-corrected chi connectivity index (χ4v) is 6.33. The molecule has 5 aromatic rings. The lowest BCUT2D eigenvalue weighted by molar-refractivity contribution is -0.146. The Bertz CT molecular complexity index is 1740. The van der Waals surface area contributed by atoms with E-state index >= 15 is 0 Å². The smallest absolute Gasteiger partial charge is 0.309 e. The molecule has 0 fully saturated rings. The molecule has 5 rings (SSSR count). The summed E-state index contributed by atoms with van der Waals surface area (Å²) in [5, 5.41) is 11.2. The molecule has 0 radical (unpaired) electrons. The third-order valence-corrected chi connectivity index (χ3v) is 8.93. The molecule has 3 aromatic heterocycles. The quantitative estimate of drug-likeness (QED) is 0.151. The number of hydrogen-bond acceptors (Lipinski definition) is 5. The SMILES string of the molecule is CCc1ccc(COc2ccc3c(c2)c(SC(C)(C)C)c(CC(C)(C)C(=O)O)n3Cc2ccc(-c3cccnc3)cc2)nc1. The van der Waals surface area contributed by atoms with Gasteiger partial charge in [-0.25, -0.2) is 0 Å². The molecule has 0 aliphatic rings. The summed E-state index contributed by atoms with van der Waals surface area (Å²) in [5.74, 6) is -0.0518. The number of nitrogens with zero attached hydrogens (tertiary/aromatic N) is 3. The number of carboxylic acid groups (broad SMARTS) is 1. The first kappa shape index (κ1) is 31.3. The molecule has 0 spiro atoms. The summed E-state index contributed by atoms with van der Waals surface area (Å²) in [6.07, 6.45) is 6.89. The van der Waals surface area contributed by atoms with Crippen molar-refractivity contribution in [3.63, 3.8) is 0 Å². The van der Waals surface area contributed by atoms with Gasteiger partial charge >= 0.3 is 5.97 Å². The predicted molar refractivity (Wildman–Crippen MR) is 179 cm³/mol. The fourth-order valence-electron chi connectivity index (χ4n) is 5.14. The third-order valence-electron chi connectivity index (χ3n) is 7.66. The topological polar surface area (TPSA) is 77.2 Å². The molecule has 228 valence electrons. The summed E-state index contributed by atoms with van der Waals surface area (Å²) in [7, 11) is 0. The molecule has 3 heterocycles. The number of aliphatic carboxylic acids is 1. The number of thioether (sulfide) groups is 1. The molecule has 0 saturated heterocycles. The van der Waals surface area contributed by atoms with Gasteiger partial charge in [-0.1, -0.05) is 64.1 Å². The van der Waals surface area contributed by atoms with Gasteiger partial charge < -0.3 is 14.4 Å². The van der Waals surface area contributed by atoms with E-state index in [0.29, 0.717) is 19.6 Å². The zero-order chi connectivity index (χ0) is 31.5. The van der Waals surface area contributed by atoms with Crippen molar-refractivity contribution >= 4 is 28.6 Å². The molecule has 2 aromatic carbocycles. The molecule has 0 bridgehead atoms. The molecule has 44 heavy (non-hydrogen) atoms. The van der Waals surface area contributed by atoms with Gasteiger partial charge in [0.15, 0.2) is 0 Å². The maximum atomic E-state index is 12.3. The minimum absolute atomic E-state index is 0.0889. The van der Waals surface area contributed by atoms with Crippen LogP contribution in [0.5, 0.6) is 5.75 Å². The van der Waals surface area contributed by atoms with Gasteiger partial charge in [-0.2, -0.15) is 0 Å². The largest absolute Gasteiger partial charge is 0.487 e. The van der Waals surface area contributed by atoms with Crippen molar-refractivity contribution in [2.45, 2.75) is 77.2 Å². The number of fused-ring (bicyclic) bond motifs is 1. The van der Waals surface area contributed by atoms with Crippen LogP contribution in [0, 0.1) is 5.41 Å². The standard InChI is InChI=1S/C37H41N3O3S/c1-7-25-12-15-29(39-21-25)24-43-30-16-17-32-31(19-30)34(44-36(2,3)4)33(20-37(5,6)35(41)42)40(32)23-26-10-13-27(14-11-26)28-9-8-18-38-22-28/h8-19,21-22H,7,20,23-24H2,1-6H3,(H,41,42). The zero-order valence-electron chi connectivity index (χ0n) is 26.4. The lowest BCUT2D eigenvalue weighted by atomic mass is 9.88. The Labute approximate surface area is 264 Å². The van der Waals surface area contributed by atoms with E-state index in [-0.39, 0.29) is 4.75 Å². The highest BCUT2D eigenvalue weighted by Gasteiger charge is 2.33. The minimum atomic E-state index is -0.945. The van der Waals surface area contributed by atoms with Gasteiger partial charge in [-0.15, -0.1) is 11.8 Å². The number of aryl methyl sites for hydroxylation is 1. The molecule has 0 unspecified atom stereocenters. The van der Waals surface area contributed by atoms with Crippen LogP contribution in [-0.4, -0.2) is 30.4 Å². The first-order chi connectivity index (χ1) is 20.9. The number of aromatic nitrogens is 3. The number of hydrogen-bond donors (Lipinski definition) is 1. The van der Waals surface area contributed by atoms with Gasteiger partial charge in [-0.3, -0.25) is 14.8 Å². The Morgan fingerprint density at radius 1 is 0.932 bits per heavy atom. The Kier molecular flexibility index (Phi) is 9.16. The van der Waals surface area contributed by atoms with Crippen LogP contribution in [0.1, 0.15) is 64.1 Å². The van der Waals surface area contributed by atoms with Crippen molar-refractivity contribution in [3.05, 3.63) is 108 Å². The van der Waals surface area contributed by atoms with E-state index in [4.69, 9.17) is 4.74 Å². The van der Waals surface area contributed by atoms with Crippen molar-refractivity contribution in [3.8, 4) is 16.9 Å². The van der Waals surface area contributed by atoms with E-state index in [1.54, 1.807) is 31.8 Å². The van der Waals surface area contributed by atoms with E-state index in [9.17, 15) is 9.90 Å². The highest BCUT2D eigenvalue weighted by molar-refractivity contribution is 8.00. The van der Waals surface area contributed by atoms with Crippen LogP contribution < -0.4 is 4.74 Å². The molecular weight excluding hydrogens is 566 g/mol. The second-order valence-corrected chi connectivity index (χ2v) is 14.7. The molecule has 0 saturated carbocycles. The van der Waals surface area contributed by atoms with Gasteiger partial charge in [0, 0.05) is 57.8 Å². The number of pyridine rings is 2. The summed E-state index contributed by atoms with van der Waals surface area (Å²) in [4.78, 5) is 22.2. The fraction of sp³-hybridized carbons (Fsp3) is 0.324. The van der Waals surface area contributed by atoms with Gasteiger partial charge in [-0.05, 0) is 72.9 Å². The summed E-state index contributed by atoms with van der Waals surface area (Å²) < 4.78 is 8.45. The van der Waals surface area contributed by atoms with Crippen LogP contribution in [0.4, 0.5) is 0 Å². The Morgan fingerprint density at radius 3 is 2.30 bits per heavy atom. The molecule has 7 heteroatoms. The molecule has 0 aliphatic carbocycles. The van der Waals surface area contributed by atoms with Crippen LogP contribution in [0.25, 0.3) is 22.0 Å². The maximum absolute atomic E-state index is 12.3. The van der Waals surface area contributed by atoms with Crippen LogP contribution in [0.15, 0.2) is 90.2 Å². The Morgan fingerprint density at radius 2 is 1.68 bits per heavy atom. The molecule has 6 nitrogen and oxygen atoms in total. The van der Waals surface area contributed by atoms with Crippen LogP contribution in [-0.2, 0) is 30.8 Å². The average Bonchev–Trinajstić information content (AvgIpc) is 3.26. The van der Waals surface area contributed by atoms with E-state index in [2.05, 4.69) is 90.8 Å². The minimum Gasteiger partial charge on any atom is -0.487 e. The Hall–Kier alpha value is -4.10. The average molecular weight is 608 g/mol. The zero-order valence-corrected chi connectivity index (χ0v) is 27.2. The van der Waals surface area contributed by atoms with Crippen molar-refractivity contribution < 1.29 is 14.6 Å². The van der Waals surface area contributed by atoms with Crippen molar-refractivity contribution in [2.24, 2.45) is 5.41 Å². The highest BCUT2D eigenvalue weighted by atomic mass is 32.2. The summed E-state index contributed by atoms with van der Waals surface area (Å²) in [6, 6.07) is 22.8. The lowest BCUT2D eigenvalue weighted by Crippen LogP contribution is -2.28. The van der Waals surface area contributed by atoms with E-state index in [1.165, 1.54) is 5.56 Å². The Balaban J connectivity index is 1.57. The molecule has 0 atom stereocenters. The maximum Gasteiger partial charge on any atom is 0.309 e. The second kappa shape index (κ2) is 12.9. The van der Waals surface area contributed by atoms with Crippen LogP contribution in [0.3, 0.4) is 0 Å². The van der Waals surface area contributed by atoms with Crippen molar-refractivity contribution in [1.82, 2.24) is 14.5 Å². The van der Waals surface area contributed by atoms with E-state index in [1.807, 2.05) is 30.6 Å². The van der Waals surface area contributed by atoms with Gasteiger partial charge in [0.2, 0.25) is 0 Å². The van der Waals surface area contributed by atoms with Gasteiger partial charge in [0.05, 0.1) is 11.1 Å². The van der Waals surface area contributed by atoms with Gasteiger partial charge in [0.25, 0.3) is 0 Å². The third kappa shape index (κ3) is 7.33. The van der Waals surface area contributed by atoms with E-state index in [0.717, 1.165) is 56.0 Å². The second-order valence-electron chi connectivity index (χ2n) is 12.9. The van der Waals surface area contributed by atoms with Crippen LogP contribution >= 0.6 is 11.8 Å². The predicted octanol–water partition coefficient (Wildman–Crippen LogP) is 8.83. The number of carboxylic acids is 1.